The van der Waals surface area contributed by atoms with Crippen molar-refractivity contribution in [2.45, 2.75) is 718 Å². The van der Waals surface area contributed by atoms with Crippen molar-refractivity contribution in [3.63, 3.8) is 0 Å². The zero-order valence-electron chi connectivity index (χ0n) is 109. The highest BCUT2D eigenvalue weighted by Gasteiger charge is 2.38. The third-order valence-electron chi connectivity index (χ3n) is 25.9. The quantitative estimate of drug-likeness (QED) is 0.0557. The molecule has 8 fully saturated rings. The number of likely N-dealkylation sites (tertiary alicyclic amines) is 1. The lowest BCUT2D eigenvalue weighted by Gasteiger charge is -2.40. The highest BCUT2D eigenvalue weighted by Crippen LogP contribution is 2.38. The van der Waals surface area contributed by atoms with Gasteiger partial charge >= 0.3 is 0 Å². The lowest BCUT2D eigenvalue weighted by molar-refractivity contribution is -0.0849. The Morgan fingerprint density at radius 1 is 0.331 bits per heavy atom. The largest absolute Gasteiger partial charge is 0.376 e. The number of thiazole rings is 1. The fourth-order valence-electron chi connectivity index (χ4n) is 20.4. The zero-order valence-corrected chi connectivity index (χ0v) is 110. The van der Waals surface area contributed by atoms with Crippen LogP contribution in [0.1, 0.15) is 577 Å². The molecule has 145 heavy (non-hydrogen) atoms. The number of nitrogens with zero attached hydrogens (tertiary/aromatic N) is 2. The Morgan fingerprint density at radius 3 is 0.917 bits per heavy atom. The Labute approximate surface area is 914 Å². The predicted octanol–water partition coefficient (Wildman–Crippen LogP) is 32.1. The second-order valence-electron chi connectivity index (χ2n) is 64.5. The maximum Gasteiger partial charge on any atom is 0.0940 e. The van der Waals surface area contributed by atoms with Crippen molar-refractivity contribution in [3.8, 4) is 0 Å². The van der Waals surface area contributed by atoms with E-state index in [4.69, 9.17) is 19.9 Å². The summed E-state index contributed by atoms with van der Waals surface area (Å²) in [6, 6.07) is 5.90. The average molecular weight is 2070 g/mol. The van der Waals surface area contributed by atoms with E-state index in [0.29, 0.717) is 46.1 Å². The summed E-state index contributed by atoms with van der Waals surface area (Å²) in [4.78, 5) is 8.47. The van der Waals surface area contributed by atoms with Crippen molar-refractivity contribution < 1.29 is 14.2 Å². The summed E-state index contributed by atoms with van der Waals surface area (Å²) in [5.74, 6) is 6.31. The molecular formula is C128H269N13O3S. The van der Waals surface area contributed by atoms with Crippen LogP contribution in [0, 0.1) is 52.3 Å². The zero-order chi connectivity index (χ0) is 113. The van der Waals surface area contributed by atoms with Gasteiger partial charge in [-0.3, -0.25) is 0 Å². The maximum absolute atomic E-state index is 6.23. The van der Waals surface area contributed by atoms with Gasteiger partial charge in [0.25, 0.3) is 0 Å². The van der Waals surface area contributed by atoms with Crippen molar-refractivity contribution >= 4 is 11.3 Å². The predicted molar refractivity (Wildman–Crippen MR) is 651 cm³/mol. The number of nitrogens with one attached hydrogen (secondary N) is 10. The van der Waals surface area contributed by atoms with Crippen molar-refractivity contribution in [1.29, 1.82) is 0 Å². The van der Waals surface area contributed by atoms with E-state index in [9.17, 15) is 0 Å². The molecule has 2 heterocycles. The van der Waals surface area contributed by atoms with E-state index in [1.165, 1.54) is 197 Å². The summed E-state index contributed by atoms with van der Waals surface area (Å²) in [5.41, 5.74) is 9.88. The molecule has 0 radical (unpaired) electrons. The fraction of sp³-hybridized carbons (Fsp3) is 0.977. The molecule has 9 rings (SSSR count). The SMILES string of the molecule is CC(C)(C)CC1CCC(NC(C)(C)C)CC1.CC(C)(C)CN1CCC(NC(C)(C)C)CC1.CC(C)(C)NC1CCC(COC(C)(C)C)CC1.CC(C)(C)NC1CCC(OC(C)(C)C)CC1.CC(C)(C)NCC1CCC(NC(C)(C)C)CC1.CC(C)(C)NCCc1ncc(C(C)(C)C)s1.CC(C)(C)N[C@@H]1CC[C@@H](OC(C)(C)C)[C@@H](N)C1.CC(C)C.CC(C)C.CCC1CC(NC(C)(C)C)C1.CCC1CC(NC(C)(C)C)C1. The third-order valence-corrected chi connectivity index (χ3v) is 27.4. The van der Waals surface area contributed by atoms with Gasteiger partial charge in [0, 0.05) is 140 Å². The van der Waals surface area contributed by atoms with Gasteiger partial charge in [0.05, 0.1) is 40.6 Å². The van der Waals surface area contributed by atoms with Gasteiger partial charge in [0.1, 0.15) is 0 Å². The van der Waals surface area contributed by atoms with E-state index < -0.39 is 0 Å². The van der Waals surface area contributed by atoms with Crippen LogP contribution in [0.15, 0.2) is 6.20 Å². The smallest absolute Gasteiger partial charge is 0.0940 e. The van der Waals surface area contributed by atoms with Gasteiger partial charge in [-0.05, 0) is 514 Å². The number of aromatic nitrogens is 1. The number of hydrogen-bond donors (Lipinski definition) is 11. The molecule has 8 aliphatic rings. The van der Waals surface area contributed by atoms with Crippen LogP contribution in [0.3, 0.4) is 0 Å². The maximum atomic E-state index is 6.23. The van der Waals surface area contributed by atoms with Gasteiger partial charge in [-0.25, -0.2) is 4.98 Å². The molecule has 0 spiro atoms. The summed E-state index contributed by atoms with van der Waals surface area (Å²) < 4.78 is 17.9. The molecule has 0 amide bonds. The third kappa shape index (κ3) is 91.8. The molecule has 3 atom stereocenters. The molecule has 0 aromatic carbocycles. The van der Waals surface area contributed by atoms with Crippen LogP contribution in [-0.2, 0) is 26.0 Å². The molecule has 1 aromatic heterocycles. The first-order valence-electron chi connectivity index (χ1n) is 60.2. The number of nitrogens with two attached hydrogens (primary N) is 1. The van der Waals surface area contributed by atoms with Gasteiger partial charge in [0.15, 0.2) is 0 Å². The minimum atomic E-state index is -0.0907. The van der Waals surface area contributed by atoms with Crippen molar-refractivity contribution in [3.05, 3.63) is 16.1 Å². The molecule has 16 nitrogen and oxygen atoms in total. The van der Waals surface area contributed by atoms with E-state index >= 15 is 0 Å². The van der Waals surface area contributed by atoms with Crippen LogP contribution < -0.4 is 58.9 Å². The van der Waals surface area contributed by atoms with Crippen molar-refractivity contribution in [2.75, 3.05) is 39.3 Å². The molecule has 1 saturated heterocycles. The van der Waals surface area contributed by atoms with Gasteiger partial charge in [-0.2, -0.15) is 0 Å². The molecule has 870 valence electrons. The summed E-state index contributed by atoms with van der Waals surface area (Å²) in [6.45, 7) is 132. The first-order valence-corrected chi connectivity index (χ1v) is 61.0. The standard InChI is InChI=1S/C15H32N2.C15H31NO.C15H31N.C14H30N2O.C14H30N2.C14H29NO.C13H24N2S.2C10H21N.2C4H10/c1-14(2,3)16-11-12-7-9-13(10-8-12)17-15(4,5)6;1-14(2,3)16-13-9-7-12(8-10-13)11-17-15(4,5)6;1-14(2,3)11-12-7-9-13(10-8-12)16-15(4,5)6;1-13(2,3)16-10-7-8-12(11(15)9-10)17-14(4,5)6;1-13(2,3)11-16-9-7-12(8-10-16)15-14(4,5)6;1-13(2,3)15-11-7-9-12(10-8-11)16-14(4,5)6;1-12(2,3)10-9-14-11(16-10)7-8-15-13(4,5)6;2*1-5-8-6-9(7-8)11-10(2,3)4;2*1-4(2)3/h12-13,16-17H,7-11H2,1-6H3;12-13,16H,7-11H2,1-6H3;12-13,16H,7-11H2,1-6H3;10-12,16H,7-9,15H2,1-6H3;12,15H,7-11H2,1-6H3;11-12,15H,7-10H2,1-6H3;9,15H,7-8H2,1-6H3;2*8-9,11H,5-7H2,1-4H3;2*4H,1-3H3/t;;;10-,11+,12-;;;;;;;/m...1......./s1. The van der Waals surface area contributed by atoms with Gasteiger partial charge < -0.3 is 78.0 Å². The lowest BCUT2D eigenvalue weighted by Crippen LogP contribution is -2.53. The van der Waals surface area contributed by atoms with E-state index in [2.05, 4.69) is 451 Å². The van der Waals surface area contributed by atoms with Crippen LogP contribution in [0.2, 0.25) is 0 Å². The number of ether oxygens (including phenoxy) is 3. The van der Waals surface area contributed by atoms with E-state index in [1.807, 2.05) is 17.5 Å². The van der Waals surface area contributed by atoms with Crippen LogP contribution >= 0.6 is 11.3 Å². The lowest BCUT2D eigenvalue weighted by atomic mass is 9.76. The molecule has 12 N–H and O–H groups in total. The van der Waals surface area contributed by atoms with E-state index in [1.54, 1.807) is 0 Å². The van der Waals surface area contributed by atoms with Gasteiger partial charge in [-0.15, -0.1) is 11.3 Å². The second kappa shape index (κ2) is 66.0. The van der Waals surface area contributed by atoms with E-state index in [-0.39, 0.29) is 78.7 Å². The molecule has 1 aromatic rings. The van der Waals surface area contributed by atoms with Crippen molar-refractivity contribution in [2.24, 2.45) is 58.0 Å². The molecule has 17 heteroatoms. The van der Waals surface area contributed by atoms with Gasteiger partial charge in [-0.1, -0.05) is 131 Å². The van der Waals surface area contributed by atoms with E-state index in [0.717, 1.165) is 110 Å². The number of piperidine rings is 1. The Hall–Kier alpha value is -0.970. The summed E-state index contributed by atoms with van der Waals surface area (Å²) in [5, 5.41) is 37.8. The Kier molecular flexibility index (Phi) is 66.5. The Morgan fingerprint density at radius 2 is 0.634 bits per heavy atom. The van der Waals surface area contributed by atoms with Crippen LogP contribution in [0.5, 0.6) is 0 Å². The van der Waals surface area contributed by atoms with Gasteiger partial charge in [0.2, 0.25) is 0 Å². The first-order chi connectivity index (χ1) is 65.0. The number of rotatable bonds is 21. The molecule has 0 bridgehead atoms. The molecule has 0 unspecified atom stereocenters. The minimum Gasteiger partial charge on any atom is -0.376 e. The molecular weight excluding hydrogens is 1800 g/mol. The second-order valence-corrected chi connectivity index (χ2v) is 65.6. The molecule has 7 aliphatic carbocycles. The summed E-state index contributed by atoms with van der Waals surface area (Å²) >= 11 is 1.84. The normalized spacial score (nSPS) is 25.4. The minimum absolute atomic E-state index is 0.00889. The molecule has 1 aliphatic heterocycles. The fourth-order valence-corrected chi connectivity index (χ4v) is 21.4. The topological polar surface area (TPSA) is 190 Å². The number of hydrogen-bond acceptors (Lipinski definition) is 17. The monoisotopic (exact) mass is 2070 g/mol. The van der Waals surface area contributed by atoms with Crippen molar-refractivity contribution in [1.82, 2.24) is 63.1 Å². The highest BCUT2D eigenvalue weighted by atomic mass is 32.1. The highest BCUT2D eigenvalue weighted by molar-refractivity contribution is 7.11. The average Bonchev–Trinajstić information content (AvgIpc) is 1.80. The van der Waals surface area contributed by atoms with Crippen LogP contribution in [0.4, 0.5) is 0 Å². The first kappa shape index (κ1) is 146. The summed E-state index contributed by atoms with van der Waals surface area (Å²) in [6.07, 6.45) is 40.4. The molecule has 7 saturated carbocycles. The van der Waals surface area contributed by atoms with Crippen LogP contribution in [0.25, 0.3) is 0 Å². The Balaban J connectivity index is 0. The Bertz CT molecular complexity index is 3020. The summed E-state index contributed by atoms with van der Waals surface area (Å²) in [7, 11) is 0. The van der Waals surface area contributed by atoms with Crippen LogP contribution in [-0.4, -0.2) is 188 Å².